The first kappa shape index (κ1) is 20.8. The maximum Gasteiger partial charge on any atom is 0.480 e. The molecular weight excluding hydrogens is 340 g/mol. The molecule has 24 heavy (non-hydrogen) atoms. The lowest BCUT2D eigenvalue weighted by molar-refractivity contribution is -0.826. The van der Waals surface area contributed by atoms with Crippen molar-refractivity contribution in [2.45, 2.75) is 38.0 Å². The fourth-order valence-corrected chi connectivity index (χ4v) is 1.86. The van der Waals surface area contributed by atoms with Gasteiger partial charge in [-0.2, -0.15) is 0 Å². The molecule has 16 nitrogen and oxygen atoms in total. The molecule has 0 atom stereocenters. The number of nitro groups is 5. The molecule has 0 aromatic carbocycles. The van der Waals surface area contributed by atoms with Crippen LogP contribution in [0.15, 0.2) is 0 Å². The van der Waals surface area contributed by atoms with Crippen LogP contribution in [0.4, 0.5) is 0 Å². The van der Waals surface area contributed by atoms with E-state index in [1.54, 1.807) is 0 Å². The maximum atomic E-state index is 11.0. The Kier molecular flexibility index (Phi) is 6.39. The number of nitrogens with zero attached hydrogens (tertiary/aromatic N) is 6. The Labute approximate surface area is 132 Å². The first-order valence-corrected chi connectivity index (χ1v) is 6.38. The molecule has 0 rings (SSSR count). The highest BCUT2D eigenvalue weighted by atomic mass is 16.7. The first-order chi connectivity index (χ1) is 10.9. The molecule has 136 valence electrons. The largest absolute Gasteiger partial charge is 0.480 e. The predicted octanol–water partition coefficient (Wildman–Crippen LogP) is -0.200. The zero-order valence-electron chi connectivity index (χ0n) is 12.6. The van der Waals surface area contributed by atoms with Crippen LogP contribution in [-0.2, 0) is 0 Å². The van der Waals surface area contributed by atoms with Gasteiger partial charge >= 0.3 is 11.3 Å². The molecule has 0 aliphatic carbocycles. The van der Waals surface area contributed by atoms with Gasteiger partial charge in [0, 0.05) is 0 Å². The maximum absolute atomic E-state index is 11.0. The Morgan fingerprint density at radius 3 is 1.04 bits per heavy atom. The molecule has 16 heteroatoms. The molecule has 0 aromatic rings. The summed E-state index contributed by atoms with van der Waals surface area (Å²) in [7, 11) is 0. The Morgan fingerprint density at radius 1 is 0.667 bits per heavy atom. The summed E-state index contributed by atoms with van der Waals surface area (Å²) in [5, 5.41) is 53.4. The molecule has 0 bridgehead atoms. The van der Waals surface area contributed by atoms with E-state index in [1.807, 2.05) is 0 Å². The third-order valence-corrected chi connectivity index (χ3v) is 3.59. The lowest BCUT2D eigenvalue weighted by atomic mass is 10.1. The van der Waals surface area contributed by atoms with Crippen LogP contribution < -0.4 is 0 Å². The highest BCUT2D eigenvalue weighted by Crippen LogP contribution is 2.23. The molecule has 0 heterocycles. The second kappa shape index (κ2) is 7.38. The minimum atomic E-state index is -3.03. The topological polar surface area (TPSA) is 219 Å². The van der Waals surface area contributed by atoms with Crippen molar-refractivity contribution >= 4 is 0 Å². The van der Waals surface area contributed by atoms with Crippen LogP contribution >= 0.6 is 0 Å². The van der Waals surface area contributed by atoms with Gasteiger partial charge in [0.05, 0.1) is 12.8 Å². The van der Waals surface area contributed by atoms with E-state index in [0.29, 0.717) is 0 Å². The normalized spacial score (nSPS) is 11.6. The third-order valence-electron chi connectivity index (χ3n) is 3.59. The van der Waals surface area contributed by atoms with E-state index in [4.69, 9.17) is 0 Å². The van der Waals surface area contributed by atoms with Crippen molar-refractivity contribution in [1.82, 2.24) is 5.01 Å². The van der Waals surface area contributed by atoms with Crippen LogP contribution in [-0.4, -0.2) is 54.1 Å². The van der Waals surface area contributed by atoms with E-state index in [1.165, 1.54) is 0 Å². The molecule has 0 N–H and O–H groups in total. The zero-order valence-corrected chi connectivity index (χ0v) is 12.6. The predicted molar refractivity (Wildman–Crippen MR) is 72.6 cm³/mol. The fourth-order valence-electron chi connectivity index (χ4n) is 1.86. The van der Waals surface area contributed by atoms with Crippen molar-refractivity contribution in [3.63, 3.8) is 0 Å². The van der Waals surface area contributed by atoms with Gasteiger partial charge in [0.2, 0.25) is 13.1 Å². The van der Waals surface area contributed by atoms with Crippen LogP contribution in [0.3, 0.4) is 0 Å². The van der Waals surface area contributed by atoms with E-state index < -0.39 is 62.0 Å². The van der Waals surface area contributed by atoms with Gasteiger partial charge in [-0.1, -0.05) is 18.9 Å². The molecule has 0 aliphatic rings. The van der Waals surface area contributed by atoms with Gasteiger partial charge in [0.25, 0.3) is 0 Å². The van der Waals surface area contributed by atoms with E-state index in [2.05, 4.69) is 0 Å². The smallest absolute Gasteiger partial charge is 0.258 e. The van der Waals surface area contributed by atoms with Crippen molar-refractivity contribution in [3.05, 3.63) is 50.6 Å². The van der Waals surface area contributed by atoms with Crippen LogP contribution in [0.5, 0.6) is 0 Å². The summed E-state index contributed by atoms with van der Waals surface area (Å²) in [5.74, 6) is 0. The minimum absolute atomic E-state index is 0.232. The summed E-state index contributed by atoms with van der Waals surface area (Å²) in [4.78, 5) is 49.6. The molecule has 0 spiro atoms. The number of hydrogen-bond acceptors (Lipinski definition) is 10. The first-order valence-electron chi connectivity index (χ1n) is 6.38. The Balaban J connectivity index is 5.95. The molecule has 0 amide bonds. The molecule has 0 fully saturated rings. The highest BCUT2D eigenvalue weighted by molar-refractivity contribution is 4.74. The van der Waals surface area contributed by atoms with Crippen LogP contribution in [0.1, 0.15) is 26.7 Å². The van der Waals surface area contributed by atoms with Crippen molar-refractivity contribution in [1.29, 1.82) is 0 Å². The number of rotatable bonds is 11. The summed E-state index contributed by atoms with van der Waals surface area (Å²) in [6.07, 6.45) is -1.54. The molecule has 0 radical (unpaired) electrons. The average molecular weight is 354 g/mol. The van der Waals surface area contributed by atoms with Crippen molar-refractivity contribution in [2.75, 3.05) is 13.1 Å². The fraction of sp³-hybridized carbons (Fsp3) is 1.00. The Morgan fingerprint density at radius 2 is 0.917 bits per heavy atom. The van der Waals surface area contributed by atoms with Gasteiger partial charge in [0.15, 0.2) is 5.03 Å². The van der Waals surface area contributed by atoms with Gasteiger partial charge in [-0.25, -0.2) is 10.1 Å². The third kappa shape index (κ3) is 3.58. The summed E-state index contributed by atoms with van der Waals surface area (Å²) >= 11 is 0. The minimum Gasteiger partial charge on any atom is -0.258 e. The summed E-state index contributed by atoms with van der Waals surface area (Å²) in [6, 6.07) is 0. The molecule has 0 saturated heterocycles. The highest BCUT2D eigenvalue weighted by Gasteiger charge is 2.63. The van der Waals surface area contributed by atoms with Crippen molar-refractivity contribution < 1.29 is 24.7 Å². The zero-order chi connectivity index (χ0) is 19.3. The average Bonchev–Trinajstić information content (AvgIpc) is 2.46. The quantitative estimate of drug-likeness (QED) is 0.268. The van der Waals surface area contributed by atoms with E-state index in [0.717, 1.165) is 13.8 Å². The van der Waals surface area contributed by atoms with E-state index in [9.17, 15) is 50.6 Å². The number of hydrogen-bond donors (Lipinski definition) is 0. The molecular formula is C8H14N6O10. The second-order valence-electron chi connectivity index (χ2n) is 4.76. The van der Waals surface area contributed by atoms with Crippen LogP contribution in [0, 0.1) is 50.6 Å². The summed E-state index contributed by atoms with van der Waals surface area (Å²) in [6.45, 7) is -0.893. The monoisotopic (exact) mass is 354 g/mol. The van der Waals surface area contributed by atoms with Crippen LogP contribution in [0.2, 0.25) is 0 Å². The summed E-state index contributed by atoms with van der Waals surface area (Å²) in [5.41, 5.74) is -6.06. The standard InChI is InChI=1S/C8H14N6O10/c1-3-7(10(15)16,11(17)18)5-9(14(23)24)6-8(4-2,12(19)20)13(21)22/h3-6H2,1-2H3. The van der Waals surface area contributed by atoms with E-state index in [-0.39, 0.29) is 5.01 Å². The summed E-state index contributed by atoms with van der Waals surface area (Å²) < 4.78 is 0. The Hall–Kier alpha value is -3.20. The van der Waals surface area contributed by atoms with Crippen molar-refractivity contribution in [2.24, 2.45) is 0 Å². The van der Waals surface area contributed by atoms with Crippen molar-refractivity contribution in [3.8, 4) is 0 Å². The SMILES string of the molecule is CCC(CN(CC(CC)([N+](=O)[O-])[N+](=O)[O-])[N+](=O)[O-])([N+](=O)[O-])[N+](=O)[O-]. The van der Waals surface area contributed by atoms with Gasteiger partial charge in [-0.3, -0.25) is 40.5 Å². The number of hydrazine groups is 1. The lowest BCUT2D eigenvalue weighted by Crippen LogP contribution is -2.61. The van der Waals surface area contributed by atoms with Gasteiger partial charge in [0.1, 0.15) is 19.7 Å². The molecule has 0 aromatic heterocycles. The Bertz CT molecular complexity index is 494. The lowest BCUT2D eigenvalue weighted by Gasteiger charge is -2.22. The van der Waals surface area contributed by atoms with Gasteiger partial charge < -0.3 is 0 Å². The van der Waals surface area contributed by atoms with E-state index >= 15 is 0 Å². The molecule has 0 unspecified atom stereocenters. The second-order valence-corrected chi connectivity index (χ2v) is 4.76. The van der Waals surface area contributed by atoms with Gasteiger partial charge in [-0.15, -0.1) is 0 Å². The van der Waals surface area contributed by atoms with Gasteiger partial charge in [-0.05, 0) is 0 Å². The molecule has 0 aliphatic heterocycles. The van der Waals surface area contributed by atoms with Crippen LogP contribution in [0.25, 0.3) is 0 Å². The molecule has 0 saturated carbocycles.